The van der Waals surface area contributed by atoms with Crippen molar-refractivity contribution in [2.75, 3.05) is 26.2 Å². The summed E-state index contributed by atoms with van der Waals surface area (Å²) >= 11 is 0. The standard InChI is InChI=1S/C24H30N2O3/c27-22-12-10-19(11-13-22)18-25-14-16-26(17-15-25)23(28)24(29,21-8-4-5-9-21)20-6-2-1-3-7-20/h1-3,6-7,10-13,21,27,29H,4-5,8-9,14-18H2/t24-/m0/s1. The van der Waals surface area contributed by atoms with Gasteiger partial charge in [-0.3, -0.25) is 9.69 Å². The van der Waals surface area contributed by atoms with Crippen molar-refractivity contribution >= 4 is 5.91 Å². The van der Waals surface area contributed by atoms with E-state index < -0.39 is 5.60 Å². The minimum absolute atomic E-state index is 0.00701. The van der Waals surface area contributed by atoms with Crippen molar-refractivity contribution < 1.29 is 15.0 Å². The number of amides is 1. The van der Waals surface area contributed by atoms with Gasteiger partial charge in [-0.2, -0.15) is 0 Å². The van der Waals surface area contributed by atoms with Gasteiger partial charge in [-0.05, 0) is 36.1 Å². The Bertz CT molecular complexity index is 810. The van der Waals surface area contributed by atoms with Gasteiger partial charge in [0.15, 0.2) is 5.60 Å². The molecule has 5 nitrogen and oxygen atoms in total. The highest BCUT2D eigenvalue weighted by atomic mass is 16.3. The van der Waals surface area contributed by atoms with E-state index in [9.17, 15) is 15.0 Å². The lowest BCUT2D eigenvalue weighted by molar-refractivity contribution is -0.161. The summed E-state index contributed by atoms with van der Waals surface area (Å²) in [6.45, 7) is 3.61. The highest BCUT2D eigenvalue weighted by molar-refractivity contribution is 5.87. The second-order valence-electron chi connectivity index (χ2n) is 8.35. The average molecular weight is 395 g/mol. The van der Waals surface area contributed by atoms with E-state index in [0.717, 1.165) is 56.4 Å². The monoisotopic (exact) mass is 394 g/mol. The van der Waals surface area contributed by atoms with Crippen LogP contribution >= 0.6 is 0 Å². The molecule has 1 saturated carbocycles. The molecule has 2 aromatic rings. The number of carbonyl (C=O) groups excluding carboxylic acids is 1. The summed E-state index contributed by atoms with van der Waals surface area (Å²) in [6.07, 6.45) is 3.96. The second-order valence-corrected chi connectivity index (χ2v) is 8.35. The number of hydrogen-bond acceptors (Lipinski definition) is 4. The SMILES string of the molecule is O=C(N1CCN(Cc2ccc(O)cc2)CC1)[C@](O)(c1ccccc1)C1CCCC1. The Morgan fingerprint density at radius 1 is 0.931 bits per heavy atom. The lowest BCUT2D eigenvalue weighted by Crippen LogP contribution is -2.56. The number of rotatable bonds is 5. The first-order valence-electron chi connectivity index (χ1n) is 10.6. The maximum atomic E-state index is 13.5. The summed E-state index contributed by atoms with van der Waals surface area (Å²) in [6, 6.07) is 16.8. The Hall–Kier alpha value is -2.37. The first-order chi connectivity index (χ1) is 14.1. The number of nitrogens with zero attached hydrogens (tertiary/aromatic N) is 2. The predicted molar refractivity (Wildman–Crippen MR) is 112 cm³/mol. The third-order valence-electron chi connectivity index (χ3n) is 6.49. The van der Waals surface area contributed by atoms with Crippen molar-refractivity contribution in [3.05, 3.63) is 65.7 Å². The number of phenols is 1. The molecule has 0 bridgehead atoms. The van der Waals surface area contributed by atoms with Gasteiger partial charge < -0.3 is 15.1 Å². The van der Waals surface area contributed by atoms with Crippen molar-refractivity contribution in [1.82, 2.24) is 9.80 Å². The topological polar surface area (TPSA) is 64.0 Å². The third kappa shape index (κ3) is 4.16. The van der Waals surface area contributed by atoms with E-state index >= 15 is 0 Å². The summed E-state index contributed by atoms with van der Waals surface area (Å²) in [5.74, 6) is 0.128. The largest absolute Gasteiger partial charge is 0.508 e. The highest BCUT2D eigenvalue weighted by Gasteiger charge is 2.48. The minimum atomic E-state index is -1.42. The molecule has 154 valence electrons. The summed E-state index contributed by atoms with van der Waals surface area (Å²) in [4.78, 5) is 17.7. The van der Waals surface area contributed by atoms with E-state index in [-0.39, 0.29) is 17.6 Å². The highest BCUT2D eigenvalue weighted by Crippen LogP contribution is 2.42. The smallest absolute Gasteiger partial charge is 0.259 e. The number of aliphatic hydroxyl groups is 1. The first kappa shape index (κ1) is 19.9. The van der Waals surface area contributed by atoms with E-state index in [1.165, 1.54) is 0 Å². The van der Waals surface area contributed by atoms with Gasteiger partial charge >= 0.3 is 0 Å². The van der Waals surface area contributed by atoms with Crippen LogP contribution in [0.25, 0.3) is 0 Å². The Morgan fingerprint density at radius 2 is 1.55 bits per heavy atom. The zero-order valence-corrected chi connectivity index (χ0v) is 16.8. The van der Waals surface area contributed by atoms with Crippen LogP contribution < -0.4 is 0 Å². The molecule has 0 radical (unpaired) electrons. The molecule has 29 heavy (non-hydrogen) atoms. The average Bonchev–Trinajstić information content (AvgIpc) is 3.31. The summed E-state index contributed by atoms with van der Waals surface area (Å²) in [5.41, 5.74) is 0.453. The van der Waals surface area contributed by atoms with Gasteiger partial charge in [0.1, 0.15) is 5.75 Å². The molecular formula is C24H30N2O3. The molecule has 1 aliphatic heterocycles. The maximum Gasteiger partial charge on any atom is 0.259 e. The minimum Gasteiger partial charge on any atom is -0.508 e. The molecule has 0 aromatic heterocycles. The van der Waals surface area contributed by atoms with E-state index in [1.807, 2.05) is 47.4 Å². The lowest BCUT2D eigenvalue weighted by Gasteiger charge is -2.41. The van der Waals surface area contributed by atoms with Crippen LogP contribution in [0.3, 0.4) is 0 Å². The molecule has 0 spiro atoms. The van der Waals surface area contributed by atoms with Crippen LogP contribution in [-0.4, -0.2) is 52.1 Å². The summed E-state index contributed by atoms with van der Waals surface area (Å²) < 4.78 is 0. The number of phenolic OH excluding ortho intramolecular Hbond substituents is 1. The Balaban J connectivity index is 1.44. The molecule has 2 N–H and O–H groups in total. The fourth-order valence-corrected chi connectivity index (χ4v) is 4.78. The van der Waals surface area contributed by atoms with Gasteiger partial charge in [0.05, 0.1) is 0 Å². The molecule has 1 aliphatic carbocycles. The molecule has 1 atom stereocenters. The van der Waals surface area contributed by atoms with Crippen molar-refractivity contribution in [1.29, 1.82) is 0 Å². The van der Waals surface area contributed by atoms with Crippen LogP contribution in [0.15, 0.2) is 54.6 Å². The number of benzene rings is 2. The molecular weight excluding hydrogens is 364 g/mol. The van der Waals surface area contributed by atoms with E-state index in [0.29, 0.717) is 13.1 Å². The van der Waals surface area contributed by atoms with Crippen LogP contribution in [-0.2, 0) is 16.9 Å². The van der Waals surface area contributed by atoms with E-state index in [2.05, 4.69) is 4.90 Å². The number of aromatic hydroxyl groups is 1. The van der Waals surface area contributed by atoms with E-state index in [1.54, 1.807) is 12.1 Å². The van der Waals surface area contributed by atoms with Crippen LogP contribution in [0.4, 0.5) is 0 Å². The van der Waals surface area contributed by atoms with Crippen LogP contribution in [0, 0.1) is 5.92 Å². The Kier molecular flexibility index (Phi) is 5.88. The zero-order chi connectivity index (χ0) is 20.3. The molecule has 1 saturated heterocycles. The van der Waals surface area contributed by atoms with Crippen molar-refractivity contribution in [3.63, 3.8) is 0 Å². The molecule has 5 heteroatoms. The molecule has 1 heterocycles. The Labute approximate surface area is 172 Å². The summed E-state index contributed by atoms with van der Waals surface area (Å²) in [7, 11) is 0. The molecule has 2 fully saturated rings. The fourth-order valence-electron chi connectivity index (χ4n) is 4.78. The number of piperazine rings is 1. The fraction of sp³-hybridized carbons (Fsp3) is 0.458. The van der Waals surface area contributed by atoms with E-state index in [4.69, 9.17) is 0 Å². The molecule has 1 amide bonds. The molecule has 0 unspecified atom stereocenters. The van der Waals surface area contributed by atoms with Gasteiger partial charge in [0.25, 0.3) is 5.91 Å². The van der Waals surface area contributed by atoms with Crippen molar-refractivity contribution in [2.24, 2.45) is 5.92 Å². The zero-order valence-electron chi connectivity index (χ0n) is 16.8. The van der Waals surface area contributed by atoms with Crippen LogP contribution in [0.1, 0.15) is 36.8 Å². The Morgan fingerprint density at radius 3 is 2.17 bits per heavy atom. The van der Waals surface area contributed by atoms with Crippen molar-refractivity contribution in [3.8, 4) is 5.75 Å². The number of carbonyl (C=O) groups is 1. The molecule has 2 aromatic carbocycles. The predicted octanol–water partition coefficient (Wildman–Crippen LogP) is 3.11. The molecule has 2 aliphatic rings. The van der Waals surface area contributed by atoms with Gasteiger partial charge in [-0.1, -0.05) is 55.3 Å². The number of hydrogen-bond donors (Lipinski definition) is 2. The third-order valence-corrected chi connectivity index (χ3v) is 6.49. The maximum absolute atomic E-state index is 13.5. The van der Waals surface area contributed by atoms with Crippen LogP contribution in [0.5, 0.6) is 5.75 Å². The normalized spacial score (nSPS) is 20.5. The quantitative estimate of drug-likeness (QED) is 0.818. The van der Waals surface area contributed by atoms with Gasteiger partial charge in [0.2, 0.25) is 0 Å². The summed E-state index contributed by atoms with van der Waals surface area (Å²) in [5, 5.41) is 21.1. The van der Waals surface area contributed by atoms with Crippen molar-refractivity contribution in [2.45, 2.75) is 37.8 Å². The van der Waals surface area contributed by atoms with Gasteiger partial charge in [-0.15, -0.1) is 0 Å². The van der Waals surface area contributed by atoms with Gasteiger partial charge in [-0.25, -0.2) is 0 Å². The molecule has 4 rings (SSSR count). The van der Waals surface area contributed by atoms with Gasteiger partial charge in [0, 0.05) is 38.6 Å². The lowest BCUT2D eigenvalue weighted by atomic mass is 9.79. The first-order valence-corrected chi connectivity index (χ1v) is 10.6. The van der Waals surface area contributed by atoms with Crippen LogP contribution in [0.2, 0.25) is 0 Å². The second kappa shape index (κ2) is 8.56.